The van der Waals surface area contributed by atoms with Crippen LogP contribution in [-0.2, 0) is 6.61 Å². The molecule has 1 aromatic heterocycles. The first-order valence-corrected chi connectivity index (χ1v) is 3.49. The van der Waals surface area contributed by atoms with Crippen LogP contribution in [0.4, 0.5) is 0 Å². The lowest BCUT2D eigenvalue weighted by Gasteiger charge is -1.84. The number of benzene rings is 1. The molecule has 2 nitrogen and oxygen atoms in total. The third-order valence-electron chi connectivity index (χ3n) is 1.67. The summed E-state index contributed by atoms with van der Waals surface area (Å²) in [6.07, 6.45) is 0. The second kappa shape index (κ2) is 2.40. The quantitative estimate of drug-likeness (QED) is 0.627. The maximum absolute atomic E-state index is 8.79. The van der Waals surface area contributed by atoms with Crippen molar-refractivity contribution in [3.05, 3.63) is 36.0 Å². The minimum absolute atomic E-state index is 0.0581. The molecule has 0 saturated heterocycles. The van der Waals surface area contributed by atoms with E-state index in [0.717, 1.165) is 16.6 Å². The van der Waals surface area contributed by atoms with Crippen LogP contribution in [0.15, 0.2) is 24.3 Å². The zero-order chi connectivity index (χ0) is 7.68. The lowest BCUT2D eigenvalue weighted by molar-refractivity contribution is 0.278. The first-order chi connectivity index (χ1) is 5.40. The molecule has 0 aliphatic rings. The van der Waals surface area contributed by atoms with E-state index in [4.69, 9.17) is 5.11 Å². The average Bonchev–Trinajstić information content (AvgIpc) is 2.46. The van der Waals surface area contributed by atoms with Gasteiger partial charge in [0, 0.05) is 16.6 Å². The molecule has 1 radical (unpaired) electrons. The zero-order valence-electron chi connectivity index (χ0n) is 5.96. The second-order valence-corrected chi connectivity index (χ2v) is 2.45. The van der Waals surface area contributed by atoms with Crippen LogP contribution < -0.4 is 0 Å². The average molecular weight is 146 g/mol. The number of aromatic nitrogens is 1. The maximum atomic E-state index is 8.79. The second-order valence-electron chi connectivity index (χ2n) is 2.45. The van der Waals surface area contributed by atoms with Gasteiger partial charge in [0.25, 0.3) is 0 Å². The number of fused-ring (bicyclic) bond motifs is 1. The Morgan fingerprint density at radius 1 is 1.55 bits per heavy atom. The summed E-state index contributed by atoms with van der Waals surface area (Å²) in [5.41, 5.74) is 1.86. The molecule has 0 unspecified atom stereocenters. The van der Waals surface area contributed by atoms with E-state index >= 15 is 0 Å². The molecule has 0 aliphatic carbocycles. The number of aromatic amines is 1. The Morgan fingerprint density at radius 2 is 2.45 bits per heavy atom. The summed E-state index contributed by atoms with van der Waals surface area (Å²) in [6.45, 7) is 0.0581. The van der Waals surface area contributed by atoms with E-state index in [0.29, 0.717) is 0 Å². The van der Waals surface area contributed by atoms with Gasteiger partial charge in [0.15, 0.2) is 0 Å². The number of aliphatic hydroxyl groups excluding tert-OH is 1. The van der Waals surface area contributed by atoms with E-state index in [1.807, 2.05) is 24.3 Å². The van der Waals surface area contributed by atoms with E-state index in [2.05, 4.69) is 11.1 Å². The first kappa shape index (κ1) is 6.43. The normalized spacial score (nSPS) is 10.6. The highest BCUT2D eigenvalue weighted by molar-refractivity contribution is 5.79. The van der Waals surface area contributed by atoms with Gasteiger partial charge in [-0.2, -0.15) is 0 Å². The SMILES string of the molecule is OCc1cc2[c]cccc2[nH]1. The van der Waals surface area contributed by atoms with Crippen LogP contribution in [0.5, 0.6) is 0 Å². The molecular weight excluding hydrogens is 138 g/mol. The molecule has 0 fully saturated rings. The number of rotatable bonds is 1. The molecule has 2 heteroatoms. The largest absolute Gasteiger partial charge is 0.390 e. The fourth-order valence-corrected chi connectivity index (χ4v) is 1.15. The predicted molar refractivity (Wildman–Crippen MR) is 43.1 cm³/mol. The summed E-state index contributed by atoms with van der Waals surface area (Å²) in [7, 11) is 0. The van der Waals surface area contributed by atoms with Crippen molar-refractivity contribution in [2.45, 2.75) is 6.61 Å². The number of aliphatic hydroxyl groups is 1. The molecule has 2 N–H and O–H groups in total. The highest BCUT2D eigenvalue weighted by Gasteiger charge is 1.96. The molecule has 2 aromatic rings. The Kier molecular flexibility index (Phi) is 1.40. The monoisotopic (exact) mass is 146 g/mol. The predicted octanol–water partition coefficient (Wildman–Crippen LogP) is 1.46. The summed E-state index contributed by atoms with van der Waals surface area (Å²) in [4.78, 5) is 3.06. The molecule has 0 spiro atoms. The molecule has 55 valence electrons. The van der Waals surface area contributed by atoms with Gasteiger partial charge in [-0.05, 0) is 18.2 Å². The van der Waals surface area contributed by atoms with Crippen LogP contribution in [0.3, 0.4) is 0 Å². The highest BCUT2D eigenvalue weighted by atomic mass is 16.3. The van der Waals surface area contributed by atoms with E-state index in [9.17, 15) is 0 Å². The minimum Gasteiger partial charge on any atom is -0.390 e. The van der Waals surface area contributed by atoms with Crippen LogP contribution in [0.25, 0.3) is 10.9 Å². The molecule has 0 bridgehead atoms. The summed E-state index contributed by atoms with van der Waals surface area (Å²) >= 11 is 0. The Morgan fingerprint density at radius 3 is 3.18 bits per heavy atom. The van der Waals surface area contributed by atoms with Gasteiger partial charge < -0.3 is 10.1 Å². The Labute approximate surface area is 64.5 Å². The lowest BCUT2D eigenvalue weighted by Crippen LogP contribution is -1.78. The Hall–Kier alpha value is -1.28. The van der Waals surface area contributed by atoms with Gasteiger partial charge in [-0.15, -0.1) is 0 Å². The van der Waals surface area contributed by atoms with Crippen molar-refractivity contribution in [3.63, 3.8) is 0 Å². The molecule has 0 aliphatic heterocycles. The van der Waals surface area contributed by atoms with Crippen molar-refractivity contribution in [2.24, 2.45) is 0 Å². The van der Waals surface area contributed by atoms with Crippen molar-refractivity contribution < 1.29 is 5.11 Å². The smallest absolute Gasteiger partial charge is 0.0831 e. The third kappa shape index (κ3) is 1.01. The standard InChI is InChI=1S/C9H8NO/c11-6-8-5-7-3-1-2-4-9(7)10-8/h1-2,4-5,10-11H,6H2. The van der Waals surface area contributed by atoms with Crippen molar-refractivity contribution >= 4 is 10.9 Å². The molecule has 0 saturated carbocycles. The number of H-pyrrole nitrogens is 1. The topological polar surface area (TPSA) is 36.0 Å². The molecule has 2 rings (SSSR count). The maximum Gasteiger partial charge on any atom is 0.0831 e. The fourth-order valence-electron chi connectivity index (χ4n) is 1.15. The molecule has 0 amide bonds. The van der Waals surface area contributed by atoms with Crippen molar-refractivity contribution in [3.8, 4) is 0 Å². The van der Waals surface area contributed by atoms with E-state index in [1.165, 1.54) is 0 Å². The molecule has 1 aromatic carbocycles. The number of hydrogen-bond acceptors (Lipinski definition) is 1. The molecule has 0 atom stereocenters. The van der Waals surface area contributed by atoms with Gasteiger partial charge in [0.05, 0.1) is 6.61 Å². The van der Waals surface area contributed by atoms with Crippen LogP contribution in [-0.4, -0.2) is 10.1 Å². The summed E-state index contributed by atoms with van der Waals surface area (Å²) < 4.78 is 0. The molecular formula is C9H8NO. The van der Waals surface area contributed by atoms with Crippen LogP contribution in [0.1, 0.15) is 5.69 Å². The molecule has 1 heterocycles. The Balaban J connectivity index is 2.69. The zero-order valence-corrected chi connectivity index (χ0v) is 5.96. The van der Waals surface area contributed by atoms with Crippen LogP contribution >= 0.6 is 0 Å². The fraction of sp³-hybridized carbons (Fsp3) is 0.111. The van der Waals surface area contributed by atoms with Crippen LogP contribution in [0, 0.1) is 6.07 Å². The van der Waals surface area contributed by atoms with Gasteiger partial charge in [-0.3, -0.25) is 0 Å². The van der Waals surface area contributed by atoms with Gasteiger partial charge in [0.2, 0.25) is 0 Å². The van der Waals surface area contributed by atoms with Crippen molar-refractivity contribution in [1.29, 1.82) is 0 Å². The highest BCUT2D eigenvalue weighted by Crippen LogP contribution is 2.13. The first-order valence-electron chi connectivity index (χ1n) is 3.49. The van der Waals surface area contributed by atoms with Crippen molar-refractivity contribution in [2.75, 3.05) is 0 Å². The lowest BCUT2D eigenvalue weighted by atomic mass is 10.2. The number of hydrogen-bond donors (Lipinski definition) is 2. The van der Waals surface area contributed by atoms with E-state index in [1.54, 1.807) is 0 Å². The summed E-state index contributed by atoms with van der Waals surface area (Å²) in [5, 5.41) is 9.82. The summed E-state index contributed by atoms with van der Waals surface area (Å²) in [5.74, 6) is 0. The van der Waals surface area contributed by atoms with E-state index < -0.39 is 0 Å². The summed E-state index contributed by atoms with van der Waals surface area (Å²) in [6, 6.07) is 10.7. The van der Waals surface area contributed by atoms with Gasteiger partial charge in [-0.25, -0.2) is 0 Å². The Bertz CT molecular complexity index is 331. The molecule has 11 heavy (non-hydrogen) atoms. The minimum atomic E-state index is 0.0581. The third-order valence-corrected chi connectivity index (χ3v) is 1.67. The van der Waals surface area contributed by atoms with Gasteiger partial charge in [0.1, 0.15) is 0 Å². The van der Waals surface area contributed by atoms with E-state index in [-0.39, 0.29) is 6.61 Å². The van der Waals surface area contributed by atoms with Crippen LogP contribution in [0.2, 0.25) is 0 Å². The van der Waals surface area contributed by atoms with Gasteiger partial charge in [-0.1, -0.05) is 12.1 Å². The van der Waals surface area contributed by atoms with Gasteiger partial charge >= 0.3 is 0 Å². The van der Waals surface area contributed by atoms with Crippen molar-refractivity contribution in [1.82, 2.24) is 4.98 Å². The number of nitrogens with one attached hydrogen (secondary N) is 1.